The Labute approximate surface area is 399 Å². The van der Waals surface area contributed by atoms with Gasteiger partial charge in [-0.2, -0.15) is 0 Å². The van der Waals surface area contributed by atoms with Crippen LogP contribution in [0.4, 0.5) is 13.2 Å². The van der Waals surface area contributed by atoms with Crippen LogP contribution in [0.25, 0.3) is 0 Å². The molecule has 3 aromatic rings. The van der Waals surface area contributed by atoms with E-state index in [0.29, 0.717) is 5.57 Å². The Hall–Kier alpha value is -6.69. The average molecular weight is 941 g/mol. The maximum absolute atomic E-state index is 13.5. The number of carbonyl (C=O) groups is 6. The van der Waals surface area contributed by atoms with Gasteiger partial charge in [-0.05, 0) is 174 Å². The van der Waals surface area contributed by atoms with E-state index in [1.54, 1.807) is 32.9 Å². The highest BCUT2D eigenvalue weighted by Gasteiger charge is 2.32. The zero-order chi connectivity index (χ0) is 50.8. The molecule has 0 saturated heterocycles. The lowest BCUT2D eigenvalue weighted by Gasteiger charge is -2.35. The Morgan fingerprint density at radius 2 is 0.794 bits per heavy atom. The predicted octanol–water partition coefficient (Wildman–Crippen LogP) is 10.1. The molecule has 0 unspecified atom stereocenters. The lowest BCUT2D eigenvalue weighted by atomic mass is 9.99. The molecule has 2 aliphatic carbocycles. The van der Waals surface area contributed by atoms with Gasteiger partial charge in [-0.3, -0.25) is 45.0 Å². The molecule has 0 aromatic heterocycles. The van der Waals surface area contributed by atoms with Crippen LogP contribution >= 0.6 is 0 Å². The van der Waals surface area contributed by atoms with Gasteiger partial charge < -0.3 is 0 Å². The zero-order valence-corrected chi connectivity index (χ0v) is 40.9. The zero-order valence-electron chi connectivity index (χ0n) is 40.9. The first-order chi connectivity index (χ1) is 31.8. The molecule has 6 amide bonds. The van der Waals surface area contributed by atoms with Gasteiger partial charge >= 0.3 is 5.91 Å². The molecule has 0 aliphatic heterocycles. The van der Waals surface area contributed by atoms with Crippen LogP contribution in [0.5, 0.6) is 0 Å². The third-order valence-electron chi connectivity index (χ3n) is 10.5. The number of amides is 6. The van der Waals surface area contributed by atoms with Gasteiger partial charge in [0.1, 0.15) is 17.5 Å². The second-order valence-corrected chi connectivity index (χ2v) is 19.4. The summed E-state index contributed by atoms with van der Waals surface area (Å²) < 4.78 is 40.0. The van der Waals surface area contributed by atoms with Crippen molar-refractivity contribution in [3.63, 3.8) is 0 Å². The monoisotopic (exact) mass is 941 g/mol. The van der Waals surface area contributed by atoms with Crippen LogP contribution in [0.2, 0.25) is 0 Å². The molecule has 3 aromatic carbocycles. The molecule has 0 radical (unpaired) electrons. The minimum absolute atomic E-state index is 0.132. The highest BCUT2D eigenvalue weighted by atomic mass is 19.1. The van der Waals surface area contributed by atoms with Crippen molar-refractivity contribution in [1.29, 1.82) is 0 Å². The number of benzene rings is 3. The first kappa shape index (κ1) is 55.6. The molecule has 0 saturated carbocycles. The normalized spacial score (nSPS) is 14.0. The first-order valence-electron chi connectivity index (χ1n) is 22.9. The molecule has 0 spiro atoms. The Morgan fingerprint density at radius 1 is 0.485 bits per heavy atom. The summed E-state index contributed by atoms with van der Waals surface area (Å²) in [4.78, 5) is 74.3. The van der Waals surface area contributed by atoms with Crippen molar-refractivity contribution < 1.29 is 41.9 Å². The number of nitrogens with one attached hydrogen (secondary N) is 3. The number of carbonyl (C=O) groups excluding carboxylic acids is 6. The third-order valence-corrected chi connectivity index (χ3v) is 10.5. The Morgan fingerprint density at radius 3 is 1.10 bits per heavy atom. The Kier molecular flexibility index (Phi) is 20.8. The third kappa shape index (κ3) is 17.8. The number of halogens is 3. The Balaban J connectivity index is 0.000000273. The summed E-state index contributed by atoms with van der Waals surface area (Å²) in [6, 6.07) is 16.2. The number of terminal acetylenes is 1. The van der Waals surface area contributed by atoms with Crippen LogP contribution in [0.1, 0.15) is 164 Å². The molecule has 0 fully saturated rings. The lowest BCUT2D eigenvalue weighted by molar-refractivity contribution is -0.123. The highest BCUT2D eigenvalue weighted by Crippen LogP contribution is 2.23. The SMILES string of the molecule is C#CC(=O)NN(C(=O)c1cccc(F)c1)C(C)(C)C.CC(C)(C)N(NC(=O)C1=CCCCCC1)C(=O)c1cccc(F)c1.CC(C)(C)N(NC(=O)C1=CCCCCCC1)C(=O)c1cccc(F)c1. The van der Waals surface area contributed by atoms with E-state index in [0.717, 1.165) is 80.9 Å². The lowest BCUT2D eigenvalue weighted by Crippen LogP contribution is -2.56. The average Bonchev–Trinajstić information content (AvgIpc) is 3.55. The number of allylic oxidation sites excluding steroid dienone is 2. The molecule has 0 heterocycles. The van der Waals surface area contributed by atoms with Crippen molar-refractivity contribution in [1.82, 2.24) is 31.3 Å². The fourth-order valence-electron chi connectivity index (χ4n) is 6.92. The number of hydrogen-bond acceptors (Lipinski definition) is 6. The quantitative estimate of drug-likeness (QED) is 0.171. The number of hydrogen-bond donors (Lipinski definition) is 3. The van der Waals surface area contributed by atoms with Crippen molar-refractivity contribution in [2.45, 2.75) is 150 Å². The molecule has 12 nitrogen and oxygen atoms in total. The standard InChI is InChI=1S/C20H27FN2O2.C19H25FN2O2.C14H15FN2O2/c1-20(2,3)23(19(25)16-12-9-13-17(21)14-16)22-18(24)15-10-7-5-4-6-8-11-15;1-19(2,3)22(18(24)15-11-8-12-16(20)13-15)21-17(23)14-9-6-4-5-7-10-14;1-5-12(18)16-17(14(2,3)4)13(19)10-7-6-8-11(15)9-10/h9-10,12-14H,4-8,11H2,1-3H3,(H,22,24);8-9,11-13H,4-7,10H2,1-3H3,(H,21,23);1,6-9H,2-4H3,(H,16,18). The largest absolute Gasteiger partial charge is 0.314 e. The maximum atomic E-state index is 13.5. The molecule has 5 rings (SSSR count). The van der Waals surface area contributed by atoms with Crippen LogP contribution in [0, 0.1) is 29.8 Å². The molecule has 2 aliphatic rings. The summed E-state index contributed by atoms with van der Waals surface area (Å²) in [5, 5.41) is 3.67. The van der Waals surface area contributed by atoms with Gasteiger partial charge in [-0.1, -0.05) is 49.6 Å². The smallest absolute Gasteiger partial charge is 0.268 e. The summed E-state index contributed by atoms with van der Waals surface area (Å²) in [5.74, 6) is -2.24. The van der Waals surface area contributed by atoms with Crippen molar-refractivity contribution in [3.05, 3.63) is 130 Å². The van der Waals surface area contributed by atoms with E-state index < -0.39 is 57.7 Å². The van der Waals surface area contributed by atoms with Gasteiger partial charge in [0.15, 0.2) is 0 Å². The van der Waals surface area contributed by atoms with Gasteiger partial charge in [0.05, 0.1) is 16.6 Å². The van der Waals surface area contributed by atoms with Gasteiger partial charge in [0.25, 0.3) is 29.5 Å². The molecule has 15 heteroatoms. The van der Waals surface area contributed by atoms with Crippen molar-refractivity contribution in [2.75, 3.05) is 0 Å². The van der Waals surface area contributed by atoms with Gasteiger partial charge in [0.2, 0.25) is 0 Å². The van der Waals surface area contributed by atoms with Crippen LogP contribution in [0.15, 0.2) is 96.1 Å². The van der Waals surface area contributed by atoms with E-state index >= 15 is 0 Å². The summed E-state index contributed by atoms with van der Waals surface area (Å²) in [5.41, 5.74) is 7.80. The molecular formula is C53H67F3N6O6. The van der Waals surface area contributed by atoms with Gasteiger partial charge in [-0.25, -0.2) is 28.2 Å². The van der Waals surface area contributed by atoms with E-state index in [1.807, 2.05) is 59.6 Å². The molecule has 0 atom stereocenters. The maximum Gasteiger partial charge on any atom is 0.314 e. The van der Waals surface area contributed by atoms with Crippen molar-refractivity contribution in [3.8, 4) is 12.3 Å². The highest BCUT2D eigenvalue weighted by molar-refractivity contribution is 6.00. The fraction of sp³-hybridized carbons (Fsp3) is 0.434. The van der Waals surface area contributed by atoms with E-state index in [-0.39, 0.29) is 28.5 Å². The predicted molar refractivity (Wildman–Crippen MR) is 257 cm³/mol. The summed E-state index contributed by atoms with van der Waals surface area (Å²) >= 11 is 0. The molecule has 366 valence electrons. The van der Waals surface area contributed by atoms with Crippen LogP contribution < -0.4 is 16.3 Å². The van der Waals surface area contributed by atoms with Crippen LogP contribution in [-0.4, -0.2) is 67.1 Å². The molecular weight excluding hydrogens is 874 g/mol. The minimum atomic E-state index is -0.736. The Bertz CT molecular complexity index is 2370. The van der Waals surface area contributed by atoms with Crippen molar-refractivity contribution >= 4 is 35.4 Å². The number of nitrogens with zero attached hydrogens (tertiary/aromatic N) is 3. The molecule has 3 N–H and O–H groups in total. The molecule has 68 heavy (non-hydrogen) atoms. The minimum Gasteiger partial charge on any atom is -0.268 e. The van der Waals surface area contributed by atoms with E-state index in [4.69, 9.17) is 6.42 Å². The van der Waals surface area contributed by atoms with Crippen molar-refractivity contribution in [2.24, 2.45) is 0 Å². The summed E-state index contributed by atoms with van der Waals surface area (Å²) in [6.45, 7) is 16.1. The van der Waals surface area contributed by atoms with E-state index in [9.17, 15) is 41.9 Å². The number of rotatable bonds is 5. The second kappa shape index (κ2) is 25.4. The summed E-state index contributed by atoms with van der Waals surface area (Å²) in [7, 11) is 0. The van der Waals surface area contributed by atoms with Crippen LogP contribution in [0.3, 0.4) is 0 Å². The van der Waals surface area contributed by atoms with Gasteiger partial charge in [-0.15, -0.1) is 6.42 Å². The summed E-state index contributed by atoms with van der Waals surface area (Å²) in [6.07, 6.45) is 19.7. The number of hydrazine groups is 3. The van der Waals surface area contributed by atoms with E-state index in [1.165, 1.54) is 71.0 Å². The second-order valence-electron chi connectivity index (χ2n) is 19.4. The molecule has 0 bridgehead atoms. The van der Waals surface area contributed by atoms with Crippen LogP contribution in [-0.2, 0) is 14.4 Å². The van der Waals surface area contributed by atoms with E-state index in [2.05, 4.69) is 16.3 Å². The topological polar surface area (TPSA) is 148 Å². The first-order valence-corrected chi connectivity index (χ1v) is 22.9. The van der Waals surface area contributed by atoms with Gasteiger partial charge in [0, 0.05) is 27.8 Å². The fourth-order valence-corrected chi connectivity index (χ4v) is 6.92.